The Labute approximate surface area is 124 Å². The smallest absolute Gasteiger partial charge is 0.351 e. The van der Waals surface area contributed by atoms with Crippen molar-refractivity contribution in [2.45, 2.75) is 0 Å². The van der Waals surface area contributed by atoms with E-state index < -0.39 is 5.97 Å². The first-order valence-electron chi connectivity index (χ1n) is 6.06. The van der Waals surface area contributed by atoms with Crippen LogP contribution >= 0.6 is 11.3 Å². The molecule has 108 valence electrons. The number of hydrogen-bond donors (Lipinski definition) is 1. The lowest BCUT2D eigenvalue weighted by molar-refractivity contribution is 0.0603. The largest absolute Gasteiger partial charge is 0.506 e. The molecule has 0 bridgehead atoms. The van der Waals surface area contributed by atoms with Crippen LogP contribution in [-0.4, -0.2) is 34.7 Å². The second kappa shape index (κ2) is 5.10. The van der Waals surface area contributed by atoms with Crippen LogP contribution in [0.2, 0.25) is 0 Å². The van der Waals surface area contributed by atoms with Crippen molar-refractivity contribution in [1.82, 2.24) is 9.38 Å². The van der Waals surface area contributed by atoms with Gasteiger partial charge in [-0.05, 0) is 12.1 Å². The molecule has 0 saturated heterocycles. The Balaban J connectivity index is 2.14. The van der Waals surface area contributed by atoms with E-state index in [4.69, 9.17) is 4.74 Å². The number of aromatic nitrogens is 2. The van der Waals surface area contributed by atoms with Gasteiger partial charge in [-0.3, -0.25) is 4.40 Å². The zero-order valence-corrected chi connectivity index (χ0v) is 12.2. The number of carbonyl (C=O) groups is 1. The SMILES string of the molecule is COC(=O)c1sc(-c2cnc3ccc(OC)cn23)cc1O. The molecule has 0 fully saturated rings. The van der Waals surface area contributed by atoms with E-state index in [1.165, 1.54) is 13.2 Å². The maximum Gasteiger partial charge on any atom is 0.351 e. The Morgan fingerprint density at radius 1 is 1.38 bits per heavy atom. The Morgan fingerprint density at radius 3 is 2.90 bits per heavy atom. The predicted octanol–water partition coefficient (Wildman–Crippen LogP) is 2.56. The van der Waals surface area contributed by atoms with E-state index in [-0.39, 0.29) is 10.6 Å². The van der Waals surface area contributed by atoms with Gasteiger partial charge in [-0.1, -0.05) is 0 Å². The Morgan fingerprint density at radius 2 is 2.19 bits per heavy atom. The summed E-state index contributed by atoms with van der Waals surface area (Å²) in [5.74, 6) is 0.0329. The predicted molar refractivity (Wildman–Crippen MR) is 78.1 cm³/mol. The molecule has 0 atom stereocenters. The first-order valence-corrected chi connectivity index (χ1v) is 6.88. The molecule has 0 amide bonds. The average molecular weight is 304 g/mol. The Hall–Kier alpha value is -2.54. The van der Waals surface area contributed by atoms with E-state index in [2.05, 4.69) is 9.72 Å². The summed E-state index contributed by atoms with van der Waals surface area (Å²) in [7, 11) is 2.87. The van der Waals surface area contributed by atoms with Crippen LogP contribution in [0.3, 0.4) is 0 Å². The summed E-state index contributed by atoms with van der Waals surface area (Å²) in [6.07, 6.45) is 3.48. The number of aromatic hydroxyl groups is 1. The molecular formula is C14H12N2O4S. The van der Waals surface area contributed by atoms with Crippen LogP contribution in [0, 0.1) is 0 Å². The molecule has 7 heteroatoms. The highest BCUT2D eigenvalue weighted by Crippen LogP contribution is 2.36. The minimum atomic E-state index is -0.560. The molecule has 21 heavy (non-hydrogen) atoms. The number of hydrogen-bond acceptors (Lipinski definition) is 6. The summed E-state index contributed by atoms with van der Waals surface area (Å²) in [5, 5.41) is 9.86. The number of methoxy groups -OCH3 is 2. The van der Waals surface area contributed by atoms with Gasteiger partial charge in [0.05, 0.1) is 37.2 Å². The number of nitrogens with zero attached hydrogens (tertiary/aromatic N) is 2. The average Bonchev–Trinajstić information content (AvgIpc) is 3.08. The van der Waals surface area contributed by atoms with Gasteiger partial charge in [0.15, 0.2) is 4.88 Å². The molecule has 0 unspecified atom stereocenters. The lowest BCUT2D eigenvalue weighted by Gasteiger charge is -2.02. The quantitative estimate of drug-likeness (QED) is 0.753. The van der Waals surface area contributed by atoms with Gasteiger partial charge in [0, 0.05) is 6.07 Å². The molecule has 0 radical (unpaired) electrons. The van der Waals surface area contributed by atoms with E-state index in [1.807, 2.05) is 16.5 Å². The van der Waals surface area contributed by atoms with E-state index in [0.29, 0.717) is 10.6 Å². The molecule has 0 spiro atoms. The molecule has 0 aliphatic rings. The molecule has 3 aromatic heterocycles. The monoisotopic (exact) mass is 304 g/mol. The molecular weight excluding hydrogens is 292 g/mol. The number of fused-ring (bicyclic) bond motifs is 1. The van der Waals surface area contributed by atoms with Gasteiger partial charge in [-0.2, -0.15) is 0 Å². The molecule has 6 nitrogen and oxygen atoms in total. The van der Waals surface area contributed by atoms with Crippen molar-refractivity contribution >= 4 is 23.0 Å². The third-order valence-electron chi connectivity index (χ3n) is 3.05. The van der Waals surface area contributed by atoms with Crippen molar-refractivity contribution in [3.05, 3.63) is 35.5 Å². The van der Waals surface area contributed by atoms with Crippen LogP contribution in [0.4, 0.5) is 0 Å². The fourth-order valence-electron chi connectivity index (χ4n) is 2.01. The third kappa shape index (κ3) is 2.21. The standard InChI is InChI=1S/C14H12N2O4S/c1-19-8-3-4-12-15-6-9(16(12)7-8)11-5-10(17)13(21-11)14(18)20-2/h3-7,17H,1-2H3. The molecule has 0 saturated carbocycles. The highest BCUT2D eigenvalue weighted by molar-refractivity contribution is 7.17. The summed E-state index contributed by atoms with van der Waals surface area (Å²) < 4.78 is 11.7. The van der Waals surface area contributed by atoms with Gasteiger partial charge in [0.1, 0.15) is 17.1 Å². The van der Waals surface area contributed by atoms with Crippen LogP contribution in [-0.2, 0) is 4.74 Å². The number of pyridine rings is 1. The van der Waals surface area contributed by atoms with E-state index >= 15 is 0 Å². The lowest BCUT2D eigenvalue weighted by atomic mass is 10.3. The normalized spacial score (nSPS) is 10.8. The highest BCUT2D eigenvalue weighted by atomic mass is 32.1. The van der Waals surface area contributed by atoms with Gasteiger partial charge in [-0.15, -0.1) is 11.3 Å². The van der Waals surface area contributed by atoms with Gasteiger partial charge >= 0.3 is 5.97 Å². The van der Waals surface area contributed by atoms with Crippen LogP contribution in [0.15, 0.2) is 30.6 Å². The summed E-state index contributed by atoms with van der Waals surface area (Å²) >= 11 is 1.15. The van der Waals surface area contributed by atoms with Gasteiger partial charge in [0.2, 0.25) is 0 Å². The zero-order valence-electron chi connectivity index (χ0n) is 11.4. The highest BCUT2D eigenvalue weighted by Gasteiger charge is 2.19. The second-order valence-corrected chi connectivity index (χ2v) is 5.31. The van der Waals surface area contributed by atoms with Crippen molar-refractivity contribution in [3.63, 3.8) is 0 Å². The molecule has 3 aromatic rings. The fraction of sp³-hybridized carbons (Fsp3) is 0.143. The van der Waals surface area contributed by atoms with Crippen LogP contribution in [0.5, 0.6) is 11.5 Å². The van der Waals surface area contributed by atoms with Gasteiger partial charge < -0.3 is 14.6 Å². The lowest BCUT2D eigenvalue weighted by Crippen LogP contribution is -1.97. The molecule has 0 aliphatic carbocycles. The van der Waals surface area contributed by atoms with Crippen molar-refractivity contribution < 1.29 is 19.4 Å². The summed E-state index contributed by atoms with van der Waals surface area (Å²) in [6, 6.07) is 5.18. The molecule has 3 rings (SSSR count). The van der Waals surface area contributed by atoms with Crippen LogP contribution in [0.25, 0.3) is 16.2 Å². The van der Waals surface area contributed by atoms with Crippen molar-refractivity contribution in [1.29, 1.82) is 0 Å². The Bertz CT molecular complexity index is 822. The first-order chi connectivity index (χ1) is 10.1. The van der Waals surface area contributed by atoms with E-state index in [9.17, 15) is 9.90 Å². The second-order valence-electron chi connectivity index (χ2n) is 4.26. The van der Waals surface area contributed by atoms with Crippen LogP contribution in [0.1, 0.15) is 9.67 Å². The molecule has 0 aromatic carbocycles. The topological polar surface area (TPSA) is 73.1 Å². The summed E-state index contributed by atoms with van der Waals surface area (Å²) in [5.41, 5.74) is 1.51. The van der Waals surface area contributed by atoms with Crippen molar-refractivity contribution in [2.75, 3.05) is 14.2 Å². The maximum atomic E-state index is 11.6. The maximum absolute atomic E-state index is 11.6. The number of thiophene rings is 1. The first kappa shape index (κ1) is 13.4. The number of carbonyl (C=O) groups excluding carboxylic acids is 1. The zero-order chi connectivity index (χ0) is 15.0. The van der Waals surface area contributed by atoms with Gasteiger partial charge in [-0.25, -0.2) is 9.78 Å². The number of imidazole rings is 1. The van der Waals surface area contributed by atoms with Crippen LogP contribution < -0.4 is 4.74 Å². The fourth-order valence-corrected chi connectivity index (χ4v) is 2.99. The van der Waals surface area contributed by atoms with E-state index in [0.717, 1.165) is 22.7 Å². The minimum absolute atomic E-state index is 0.0975. The summed E-state index contributed by atoms with van der Waals surface area (Å²) in [6.45, 7) is 0. The Kier molecular flexibility index (Phi) is 3.26. The van der Waals surface area contributed by atoms with E-state index in [1.54, 1.807) is 19.5 Å². The van der Waals surface area contributed by atoms with Crippen molar-refractivity contribution in [2.24, 2.45) is 0 Å². The molecule has 3 heterocycles. The minimum Gasteiger partial charge on any atom is -0.506 e. The number of esters is 1. The van der Waals surface area contributed by atoms with Gasteiger partial charge in [0.25, 0.3) is 0 Å². The summed E-state index contributed by atoms with van der Waals surface area (Å²) in [4.78, 5) is 16.7. The van der Waals surface area contributed by atoms with Crippen molar-refractivity contribution in [3.8, 4) is 22.1 Å². The third-order valence-corrected chi connectivity index (χ3v) is 4.18. The molecule has 0 aliphatic heterocycles. The number of ether oxygens (including phenoxy) is 2. The molecule has 1 N–H and O–H groups in total. The number of rotatable bonds is 3.